The highest BCUT2D eigenvalue weighted by Gasteiger charge is 2.52. The second-order valence-corrected chi connectivity index (χ2v) is 6.71. The van der Waals surface area contributed by atoms with E-state index in [9.17, 15) is 19.2 Å². The van der Waals surface area contributed by atoms with Crippen LogP contribution in [0.15, 0.2) is 22.3 Å². The van der Waals surface area contributed by atoms with Crippen molar-refractivity contribution in [3.63, 3.8) is 0 Å². The topological polar surface area (TPSA) is 105 Å². The van der Waals surface area contributed by atoms with Crippen molar-refractivity contribution in [3.05, 3.63) is 22.3 Å². The fourth-order valence-corrected chi connectivity index (χ4v) is 4.00. The first-order chi connectivity index (χ1) is 11.8. The average molecular weight is 348 g/mol. The number of hydrogen-bond donors (Lipinski definition) is 0. The molecule has 4 aliphatic rings. The van der Waals surface area contributed by atoms with Crippen molar-refractivity contribution in [2.45, 2.75) is 32.5 Å². The van der Waals surface area contributed by atoms with Gasteiger partial charge in [-0.3, -0.25) is 0 Å². The van der Waals surface area contributed by atoms with Gasteiger partial charge in [0.25, 0.3) is 0 Å². The van der Waals surface area contributed by atoms with Gasteiger partial charge in [0.2, 0.25) is 0 Å². The Balaban J connectivity index is 1.88. The van der Waals surface area contributed by atoms with E-state index < -0.39 is 41.5 Å². The van der Waals surface area contributed by atoms with Crippen molar-refractivity contribution in [2.75, 3.05) is 13.2 Å². The predicted octanol–water partition coefficient (Wildman–Crippen LogP) is 0.555. The first-order valence-corrected chi connectivity index (χ1v) is 8.09. The quantitative estimate of drug-likeness (QED) is 0.500. The number of carbonyl (C=O) groups excluding carboxylic acids is 4. The summed E-state index contributed by atoms with van der Waals surface area (Å²) in [6, 6.07) is 0. The molecule has 8 heteroatoms. The molecule has 25 heavy (non-hydrogen) atoms. The van der Waals surface area contributed by atoms with Gasteiger partial charge in [-0.25, -0.2) is 19.2 Å². The fraction of sp³-hybridized carbons (Fsp3) is 0.529. The summed E-state index contributed by atoms with van der Waals surface area (Å²) in [4.78, 5) is 48.7. The summed E-state index contributed by atoms with van der Waals surface area (Å²) < 4.78 is 20.9. The van der Waals surface area contributed by atoms with Crippen molar-refractivity contribution >= 4 is 23.9 Å². The molecule has 2 atom stereocenters. The van der Waals surface area contributed by atoms with Crippen molar-refractivity contribution in [2.24, 2.45) is 11.8 Å². The maximum Gasteiger partial charge on any atom is 0.342 e. The van der Waals surface area contributed by atoms with E-state index in [-0.39, 0.29) is 35.1 Å². The van der Waals surface area contributed by atoms with Crippen molar-refractivity contribution in [3.8, 4) is 0 Å². The third-order valence-electron chi connectivity index (χ3n) is 5.21. The smallest absolute Gasteiger partial charge is 0.342 e. The number of ether oxygens (including phenoxy) is 4. The molecule has 0 aromatic carbocycles. The SMILES string of the molecule is CC1CC2=C(C(=O)OC2=O)C(C2(C)OCCO2)CC2=C1C(=O)OC2=O. The zero-order valence-corrected chi connectivity index (χ0v) is 13.7. The highest BCUT2D eigenvalue weighted by atomic mass is 16.7. The van der Waals surface area contributed by atoms with Gasteiger partial charge >= 0.3 is 23.9 Å². The molecule has 1 fully saturated rings. The number of hydrogen-bond acceptors (Lipinski definition) is 8. The van der Waals surface area contributed by atoms with Crippen LogP contribution >= 0.6 is 0 Å². The number of esters is 4. The van der Waals surface area contributed by atoms with Gasteiger partial charge in [0.05, 0.1) is 24.4 Å². The van der Waals surface area contributed by atoms with Crippen LogP contribution < -0.4 is 0 Å². The van der Waals surface area contributed by atoms with Crippen LogP contribution in [-0.4, -0.2) is 42.9 Å². The standard InChI is InChI=1S/C17H16O8/c1-7-5-8-12(16(21)25-13(8)18)10(17(2)22-3-4-23-17)6-9-11(7)15(20)24-14(9)19/h7,10H,3-6H2,1-2H3. The van der Waals surface area contributed by atoms with Crippen LogP contribution in [0.25, 0.3) is 0 Å². The Labute approximate surface area is 142 Å². The molecule has 132 valence electrons. The second-order valence-electron chi connectivity index (χ2n) is 6.71. The van der Waals surface area contributed by atoms with Crippen LogP contribution in [0.5, 0.6) is 0 Å². The third kappa shape index (κ3) is 2.28. The zero-order valence-electron chi connectivity index (χ0n) is 13.7. The van der Waals surface area contributed by atoms with E-state index in [2.05, 4.69) is 0 Å². The molecule has 0 aromatic heterocycles. The molecule has 0 radical (unpaired) electrons. The first-order valence-electron chi connectivity index (χ1n) is 8.09. The highest BCUT2D eigenvalue weighted by molar-refractivity contribution is 6.15. The first kappa shape index (κ1) is 16.2. The molecule has 0 amide bonds. The van der Waals surface area contributed by atoms with Gasteiger partial charge in [-0.15, -0.1) is 0 Å². The van der Waals surface area contributed by atoms with Gasteiger partial charge in [-0.05, 0) is 25.7 Å². The maximum absolute atomic E-state index is 12.3. The molecule has 0 saturated carbocycles. The third-order valence-corrected chi connectivity index (χ3v) is 5.21. The Morgan fingerprint density at radius 3 is 1.92 bits per heavy atom. The van der Waals surface area contributed by atoms with E-state index in [4.69, 9.17) is 18.9 Å². The van der Waals surface area contributed by atoms with E-state index in [0.717, 1.165) is 0 Å². The van der Waals surface area contributed by atoms with E-state index in [1.807, 2.05) is 0 Å². The second kappa shape index (κ2) is 5.34. The Hall–Kier alpha value is -2.32. The summed E-state index contributed by atoms with van der Waals surface area (Å²) in [6.45, 7) is 4.01. The lowest BCUT2D eigenvalue weighted by Gasteiger charge is -2.33. The average Bonchev–Trinajstić information content (AvgIpc) is 3.14. The largest absolute Gasteiger partial charge is 0.386 e. The molecule has 0 spiro atoms. The van der Waals surface area contributed by atoms with Crippen LogP contribution in [0.4, 0.5) is 0 Å². The zero-order chi connectivity index (χ0) is 17.9. The van der Waals surface area contributed by atoms with Crippen molar-refractivity contribution in [1.82, 2.24) is 0 Å². The molecular formula is C17H16O8. The lowest BCUT2D eigenvalue weighted by Crippen LogP contribution is -2.40. The summed E-state index contributed by atoms with van der Waals surface area (Å²) >= 11 is 0. The minimum Gasteiger partial charge on any atom is -0.386 e. The van der Waals surface area contributed by atoms with Crippen LogP contribution in [0.3, 0.4) is 0 Å². The number of rotatable bonds is 1. The van der Waals surface area contributed by atoms with Gasteiger partial charge in [-0.1, -0.05) is 6.92 Å². The molecule has 3 aliphatic heterocycles. The van der Waals surface area contributed by atoms with Crippen molar-refractivity contribution in [1.29, 1.82) is 0 Å². The van der Waals surface area contributed by atoms with Crippen molar-refractivity contribution < 1.29 is 38.1 Å². The van der Waals surface area contributed by atoms with E-state index in [1.165, 1.54) is 0 Å². The van der Waals surface area contributed by atoms with Crippen LogP contribution in [0.2, 0.25) is 0 Å². The van der Waals surface area contributed by atoms with Gasteiger partial charge in [0.1, 0.15) is 0 Å². The van der Waals surface area contributed by atoms with Gasteiger partial charge in [0.15, 0.2) is 5.79 Å². The van der Waals surface area contributed by atoms with Gasteiger partial charge in [0, 0.05) is 17.1 Å². The fourth-order valence-electron chi connectivity index (χ4n) is 4.00. The molecule has 1 aliphatic carbocycles. The molecule has 0 aromatic rings. The molecule has 1 saturated heterocycles. The van der Waals surface area contributed by atoms with Gasteiger partial charge < -0.3 is 18.9 Å². The highest BCUT2D eigenvalue weighted by Crippen LogP contribution is 2.46. The lowest BCUT2D eigenvalue weighted by atomic mass is 9.76. The summed E-state index contributed by atoms with van der Waals surface area (Å²) in [5, 5.41) is 0. The van der Waals surface area contributed by atoms with Crippen LogP contribution in [0.1, 0.15) is 26.7 Å². The lowest BCUT2D eigenvalue weighted by molar-refractivity contribution is -0.176. The molecule has 2 unspecified atom stereocenters. The molecular weight excluding hydrogens is 332 g/mol. The maximum atomic E-state index is 12.3. The van der Waals surface area contributed by atoms with Crippen LogP contribution in [0, 0.1) is 11.8 Å². The predicted molar refractivity (Wildman–Crippen MR) is 78.4 cm³/mol. The van der Waals surface area contributed by atoms with E-state index in [1.54, 1.807) is 13.8 Å². The van der Waals surface area contributed by atoms with Gasteiger partial charge in [-0.2, -0.15) is 0 Å². The minimum atomic E-state index is -1.20. The Bertz CT molecular complexity index is 780. The minimum absolute atomic E-state index is 0.00194. The summed E-state index contributed by atoms with van der Waals surface area (Å²) in [5.74, 6) is -5.29. The Morgan fingerprint density at radius 1 is 0.800 bits per heavy atom. The summed E-state index contributed by atoms with van der Waals surface area (Å²) in [7, 11) is 0. The summed E-state index contributed by atoms with van der Waals surface area (Å²) in [6.07, 6.45) is 0.107. The normalized spacial score (nSPS) is 31.6. The number of carbonyl (C=O) groups is 4. The molecule has 0 bridgehead atoms. The molecule has 3 heterocycles. The monoisotopic (exact) mass is 348 g/mol. The van der Waals surface area contributed by atoms with E-state index >= 15 is 0 Å². The molecule has 8 nitrogen and oxygen atoms in total. The van der Waals surface area contributed by atoms with Crippen LogP contribution in [-0.2, 0) is 38.1 Å². The molecule has 0 N–H and O–H groups in total. The number of cyclic esters (lactones) is 4. The molecule has 4 rings (SSSR count). The summed E-state index contributed by atoms with van der Waals surface area (Å²) in [5.41, 5.74) is 0.832. The Morgan fingerprint density at radius 2 is 1.32 bits per heavy atom. The Kier molecular flexibility index (Phi) is 3.45. The van der Waals surface area contributed by atoms with E-state index in [0.29, 0.717) is 13.2 Å².